The van der Waals surface area contributed by atoms with Gasteiger partial charge in [-0.2, -0.15) is 0 Å². The predicted octanol–water partition coefficient (Wildman–Crippen LogP) is 7.62. The van der Waals surface area contributed by atoms with Gasteiger partial charge in [-0.05, 0) is 83.0 Å². The van der Waals surface area contributed by atoms with Gasteiger partial charge in [-0.1, -0.05) is 50.2 Å². The molecule has 0 saturated carbocycles. The Kier molecular flexibility index (Phi) is 8.86. The second kappa shape index (κ2) is 11.6. The SMILES string of the molecule is CCC(C(=O)O)c1ccc(C(CC)C(=O)O)c(-c2ccc(SC)cc2)c1-c1ccc(SC)cc1. The van der Waals surface area contributed by atoms with E-state index in [1.807, 2.05) is 87.0 Å². The Hall–Kier alpha value is -2.70. The summed E-state index contributed by atoms with van der Waals surface area (Å²) >= 11 is 3.28. The molecule has 4 nitrogen and oxygen atoms in total. The maximum atomic E-state index is 12.2. The van der Waals surface area contributed by atoms with E-state index in [1.54, 1.807) is 23.5 Å². The highest BCUT2D eigenvalue weighted by atomic mass is 32.2. The Morgan fingerprint density at radius 2 is 0.971 bits per heavy atom. The lowest BCUT2D eigenvalue weighted by atomic mass is 9.78. The van der Waals surface area contributed by atoms with Crippen LogP contribution in [0.5, 0.6) is 0 Å². The number of hydrogen-bond donors (Lipinski definition) is 2. The number of rotatable bonds is 10. The third kappa shape index (κ3) is 5.34. The molecular formula is C28H30O4S2. The van der Waals surface area contributed by atoms with Crippen LogP contribution in [0.1, 0.15) is 49.7 Å². The molecule has 0 aliphatic rings. The molecular weight excluding hydrogens is 464 g/mol. The maximum absolute atomic E-state index is 12.2. The zero-order valence-corrected chi connectivity index (χ0v) is 21.5. The first-order valence-electron chi connectivity index (χ1n) is 11.3. The molecule has 0 bridgehead atoms. The van der Waals surface area contributed by atoms with E-state index in [2.05, 4.69) is 0 Å². The monoisotopic (exact) mass is 494 g/mol. The van der Waals surface area contributed by atoms with E-state index in [0.717, 1.165) is 32.0 Å². The van der Waals surface area contributed by atoms with Crippen LogP contribution >= 0.6 is 23.5 Å². The highest BCUT2D eigenvalue weighted by Crippen LogP contribution is 2.44. The zero-order chi connectivity index (χ0) is 24.8. The number of carboxylic acid groups (broad SMARTS) is 2. The lowest BCUT2D eigenvalue weighted by molar-refractivity contribution is -0.139. The van der Waals surface area contributed by atoms with E-state index >= 15 is 0 Å². The first-order valence-corrected chi connectivity index (χ1v) is 13.7. The summed E-state index contributed by atoms with van der Waals surface area (Å²) in [5.74, 6) is -3.16. The fourth-order valence-electron chi connectivity index (χ4n) is 4.41. The van der Waals surface area contributed by atoms with E-state index in [1.165, 1.54) is 0 Å². The minimum atomic E-state index is -0.883. The van der Waals surface area contributed by atoms with Gasteiger partial charge in [0.1, 0.15) is 0 Å². The highest BCUT2D eigenvalue weighted by Gasteiger charge is 2.29. The first-order chi connectivity index (χ1) is 16.4. The molecule has 2 unspecified atom stereocenters. The Balaban J connectivity index is 2.45. The van der Waals surface area contributed by atoms with Gasteiger partial charge in [-0.3, -0.25) is 9.59 Å². The van der Waals surface area contributed by atoms with Gasteiger partial charge in [0.15, 0.2) is 0 Å². The summed E-state index contributed by atoms with van der Waals surface area (Å²) in [6, 6.07) is 19.7. The van der Waals surface area contributed by atoms with Crippen molar-refractivity contribution in [2.24, 2.45) is 0 Å². The number of carboxylic acids is 2. The molecule has 2 atom stereocenters. The molecule has 0 fully saturated rings. The smallest absolute Gasteiger partial charge is 0.310 e. The van der Waals surface area contributed by atoms with Crippen molar-refractivity contribution in [1.29, 1.82) is 0 Å². The minimum absolute atomic E-state index is 0.436. The van der Waals surface area contributed by atoms with Gasteiger partial charge >= 0.3 is 11.9 Å². The van der Waals surface area contributed by atoms with Gasteiger partial charge in [-0.15, -0.1) is 23.5 Å². The summed E-state index contributed by atoms with van der Waals surface area (Å²) in [5.41, 5.74) is 4.80. The normalized spacial score (nSPS) is 12.8. The van der Waals surface area contributed by atoms with Crippen LogP contribution in [0.2, 0.25) is 0 Å². The molecule has 0 amide bonds. The summed E-state index contributed by atoms with van der Waals surface area (Å²) in [7, 11) is 0. The molecule has 3 aromatic rings. The molecule has 0 radical (unpaired) electrons. The molecule has 0 spiro atoms. The van der Waals surface area contributed by atoms with E-state index in [4.69, 9.17) is 0 Å². The van der Waals surface area contributed by atoms with Gasteiger partial charge in [0.2, 0.25) is 0 Å². The summed E-state index contributed by atoms with van der Waals surface area (Å²) in [6.45, 7) is 3.73. The van der Waals surface area contributed by atoms with Crippen molar-refractivity contribution in [2.45, 2.75) is 48.3 Å². The van der Waals surface area contributed by atoms with Crippen molar-refractivity contribution >= 4 is 35.5 Å². The van der Waals surface area contributed by atoms with Crippen LogP contribution in [0.3, 0.4) is 0 Å². The molecule has 0 aliphatic heterocycles. The fourth-order valence-corrected chi connectivity index (χ4v) is 5.22. The average molecular weight is 495 g/mol. The second-order valence-electron chi connectivity index (χ2n) is 8.05. The second-order valence-corrected chi connectivity index (χ2v) is 9.81. The lowest BCUT2D eigenvalue weighted by Gasteiger charge is -2.25. The number of thioether (sulfide) groups is 2. The first kappa shape index (κ1) is 25.9. The van der Waals surface area contributed by atoms with Crippen molar-refractivity contribution < 1.29 is 19.8 Å². The lowest BCUT2D eigenvalue weighted by Crippen LogP contribution is -2.16. The standard InChI is InChI=1S/C28H30O4S2/c1-5-21(27(29)30)23-15-16-24(22(6-2)28(31)32)26(18-9-13-20(34-4)14-10-18)25(23)17-7-11-19(33-3)12-8-17/h7-16,21-22H,5-6H2,1-4H3,(H,29,30)(H,31,32). The van der Waals surface area contributed by atoms with Gasteiger partial charge in [0, 0.05) is 9.79 Å². The van der Waals surface area contributed by atoms with Crippen LogP contribution in [0, 0.1) is 0 Å². The van der Waals surface area contributed by atoms with E-state index in [9.17, 15) is 19.8 Å². The van der Waals surface area contributed by atoms with E-state index in [0.29, 0.717) is 24.0 Å². The number of benzene rings is 3. The van der Waals surface area contributed by atoms with Crippen LogP contribution in [0.4, 0.5) is 0 Å². The topological polar surface area (TPSA) is 74.6 Å². The molecule has 0 heterocycles. The maximum Gasteiger partial charge on any atom is 0.310 e. The van der Waals surface area contributed by atoms with Gasteiger partial charge in [-0.25, -0.2) is 0 Å². The van der Waals surface area contributed by atoms with E-state index < -0.39 is 23.8 Å². The van der Waals surface area contributed by atoms with Gasteiger partial charge < -0.3 is 10.2 Å². The molecule has 3 rings (SSSR count). The zero-order valence-electron chi connectivity index (χ0n) is 19.9. The third-order valence-corrected chi connectivity index (χ3v) is 7.68. The summed E-state index contributed by atoms with van der Waals surface area (Å²) < 4.78 is 0. The van der Waals surface area contributed by atoms with Crippen molar-refractivity contribution in [1.82, 2.24) is 0 Å². The Morgan fingerprint density at radius 3 is 1.21 bits per heavy atom. The Bertz CT molecular complexity index is 1060. The molecule has 0 aromatic heterocycles. The van der Waals surface area contributed by atoms with E-state index in [-0.39, 0.29) is 0 Å². The van der Waals surface area contributed by atoms with Crippen molar-refractivity contribution in [3.63, 3.8) is 0 Å². The molecule has 2 N–H and O–H groups in total. The molecule has 0 saturated heterocycles. The largest absolute Gasteiger partial charge is 0.481 e. The summed E-state index contributed by atoms with van der Waals surface area (Å²) in [4.78, 5) is 26.7. The summed E-state index contributed by atoms with van der Waals surface area (Å²) in [6.07, 6.45) is 4.89. The summed E-state index contributed by atoms with van der Waals surface area (Å²) in [5, 5.41) is 20.0. The average Bonchev–Trinajstić information content (AvgIpc) is 2.85. The Morgan fingerprint density at radius 1 is 0.647 bits per heavy atom. The minimum Gasteiger partial charge on any atom is -0.481 e. The van der Waals surface area contributed by atoms with Crippen LogP contribution < -0.4 is 0 Å². The number of carbonyl (C=O) groups is 2. The molecule has 3 aromatic carbocycles. The van der Waals surface area contributed by atoms with Crippen molar-refractivity contribution in [3.8, 4) is 22.3 Å². The van der Waals surface area contributed by atoms with Gasteiger partial charge in [0.05, 0.1) is 11.8 Å². The molecule has 0 aliphatic carbocycles. The fraction of sp³-hybridized carbons (Fsp3) is 0.286. The molecule has 6 heteroatoms. The molecule has 34 heavy (non-hydrogen) atoms. The van der Waals surface area contributed by atoms with Crippen LogP contribution in [0.25, 0.3) is 22.3 Å². The predicted molar refractivity (Wildman–Crippen MR) is 142 cm³/mol. The number of hydrogen-bond acceptors (Lipinski definition) is 4. The highest BCUT2D eigenvalue weighted by molar-refractivity contribution is 7.98. The van der Waals surface area contributed by atoms with Crippen LogP contribution in [0.15, 0.2) is 70.5 Å². The van der Waals surface area contributed by atoms with Crippen LogP contribution in [-0.4, -0.2) is 34.7 Å². The van der Waals surface area contributed by atoms with Gasteiger partial charge in [0.25, 0.3) is 0 Å². The van der Waals surface area contributed by atoms with Crippen LogP contribution in [-0.2, 0) is 9.59 Å². The quantitative estimate of drug-likeness (QED) is 0.282. The number of aliphatic carboxylic acids is 2. The third-order valence-electron chi connectivity index (χ3n) is 6.19. The van der Waals surface area contributed by atoms with Crippen molar-refractivity contribution in [3.05, 3.63) is 71.8 Å². The van der Waals surface area contributed by atoms with Crippen molar-refractivity contribution in [2.75, 3.05) is 12.5 Å². The Labute approximate surface area is 209 Å². The molecule has 178 valence electrons.